The number of hydrogen-bond donors (Lipinski definition) is 2. The Balaban J connectivity index is 3.05. The molecule has 3 nitrogen and oxygen atoms in total. The Labute approximate surface area is 81.9 Å². The zero-order valence-corrected chi connectivity index (χ0v) is 8.06. The quantitative estimate of drug-likeness (QED) is 0.753. The fourth-order valence-corrected chi connectivity index (χ4v) is 1.48. The maximum atomic E-state index is 10.6. The molecule has 0 radical (unpaired) electrons. The highest BCUT2D eigenvalue weighted by Crippen LogP contribution is 2.24. The lowest BCUT2D eigenvalue weighted by Crippen LogP contribution is -2.20. The van der Waals surface area contributed by atoms with Gasteiger partial charge in [-0.2, -0.15) is 0 Å². The van der Waals surface area contributed by atoms with Gasteiger partial charge in [0.25, 0.3) is 0 Å². The summed E-state index contributed by atoms with van der Waals surface area (Å²) < 4.78 is 0. The Morgan fingerprint density at radius 2 is 2.31 bits per heavy atom. The van der Waals surface area contributed by atoms with Crippen molar-refractivity contribution in [2.45, 2.75) is 13.3 Å². The van der Waals surface area contributed by atoms with Crippen LogP contribution >= 0.6 is 11.6 Å². The van der Waals surface area contributed by atoms with Crippen LogP contribution in [-0.4, -0.2) is 6.03 Å². The largest absolute Gasteiger partial charge is 0.351 e. The third-order valence-corrected chi connectivity index (χ3v) is 2.08. The van der Waals surface area contributed by atoms with Crippen molar-refractivity contribution in [1.29, 1.82) is 0 Å². The van der Waals surface area contributed by atoms with Crippen molar-refractivity contribution in [3.8, 4) is 0 Å². The van der Waals surface area contributed by atoms with Gasteiger partial charge in [-0.25, -0.2) is 4.79 Å². The van der Waals surface area contributed by atoms with E-state index in [1.54, 1.807) is 18.2 Å². The number of halogens is 1. The number of primary amides is 1. The molecule has 0 bridgehead atoms. The average Bonchev–Trinajstić information content (AvgIpc) is 2.03. The number of rotatable bonds is 2. The molecule has 3 N–H and O–H groups in total. The van der Waals surface area contributed by atoms with Crippen LogP contribution in [0.4, 0.5) is 10.5 Å². The molecular formula is C9H11ClN2O. The number of anilines is 1. The zero-order valence-electron chi connectivity index (χ0n) is 7.30. The zero-order chi connectivity index (χ0) is 9.84. The second-order valence-corrected chi connectivity index (χ2v) is 3.02. The van der Waals surface area contributed by atoms with Crippen LogP contribution in [0, 0.1) is 0 Å². The van der Waals surface area contributed by atoms with Crippen LogP contribution in [0.15, 0.2) is 18.2 Å². The second-order valence-electron chi connectivity index (χ2n) is 2.61. The summed E-state index contributed by atoms with van der Waals surface area (Å²) in [6.45, 7) is 1.97. The minimum absolute atomic E-state index is 0.572. The minimum Gasteiger partial charge on any atom is -0.351 e. The van der Waals surface area contributed by atoms with Gasteiger partial charge < -0.3 is 11.1 Å². The van der Waals surface area contributed by atoms with Gasteiger partial charge in [-0.3, -0.25) is 0 Å². The molecule has 2 amide bonds. The SMILES string of the molecule is CCc1c(Cl)cccc1NC(N)=O. The average molecular weight is 199 g/mol. The van der Waals surface area contributed by atoms with Crippen molar-refractivity contribution < 1.29 is 4.79 Å². The van der Waals surface area contributed by atoms with E-state index in [1.807, 2.05) is 6.92 Å². The van der Waals surface area contributed by atoms with E-state index in [4.69, 9.17) is 17.3 Å². The van der Waals surface area contributed by atoms with Gasteiger partial charge in [0.2, 0.25) is 0 Å². The summed E-state index contributed by atoms with van der Waals surface area (Å²) >= 11 is 5.92. The predicted octanol–water partition coefficient (Wildman–Crippen LogP) is 2.39. The van der Waals surface area contributed by atoms with Gasteiger partial charge in [0.05, 0.1) is 0 Å². The first-order valence-electron chi connectivity index (χ1n) is 3.99. The standard InChI is InChI=1S/C9H11ClN2O/c1-2-6-7(10)4-3-5-8(6)12-9(11)13/h3-5H,2H2,1H3,(H3,11,12,13). The topological polar surface area (TPSA) is 55.1 Å². The predicted molar refractivity (Wildman–Crippen MR) is 54.0 cm³/mol. The number of benzene rings is 1. The first kappa shape index (κ1) is 9.86. The summed E-state index contributed by atoms with van der Waals surface area (Å²) in [7, 11) is 0. The lowest BCUT2D eigenvalue weighted by atomic mass is 10.1. The van der Waals surface area contributed by atoms with E-state index >= 15 is 0 Å². The summed E-state index contributed by atoms with van der Waals surface area (Å²) in [4.78, 5) is 10.6. The van der Waals surface area contributed by atoms with Crippen molar-refractivity contribution in [3.63, 3.8) is 0 Å². The molecule has 0 aliphatic carbocycles. The van der Waals surface area contributed by atoms with Crippen LogP contribution < -0.4 is 11.1 Å². The normalized spacial score (nSPS) is 9.69. The third kappa shape index (κ3) is 2.36. The fourth-order valence-electron chi connectivity index (χ4n) is 1.17. The van der Waals surface area contributed by atoms with Gasteiger partial charge >= 0.3 is 6.03 Å². The summed E-state index contributed by atoms with van der Waals surface area (Å²) in [6, 6.07) is 4.76. The highest BCUT2D eigenvalue weighted by molar-refractivity contribution is 6.31. The van der Waals surface area contributed by atoms with Crippen molar-refractivity contribution in [2.75, 3.05) is 5.32 Å². The van der Waals surface area contributed by atoms with E-state index in [0.717, 1.165) is 12.0 Å². The molecule has 0 spiro atoms. The molecule has 0 fully saturated rings. The number of carbonyl (C=O) groups is 1. The summed E-state index contributed by atoms with van der Waals surface area (Å²) in [5.74, 6) is 0. The highest BCUT2D eigenvalue weighted by atomic mass is 35.5. The molecule has 0 heterocycles. The van der Waals surface area contributed by atoms with Crippen molar-refractivity contribution in [3.05, 3.63) is 28.8 Å². The Kier molecular flexibility index (Phi) is 3.14. The minimum atomic E-state index is -0.572. The number of carbonyl (C=O) groups excluding carboxylic acids is 1. The van der Waals surface area contributed by atoms with Crippen LogP contribution in [-0.2, 0) is 6.42 Å². The Morgan fingerprint density at radius 1 is 1.62 bits per heavy atom. The Bertz CT molecular complexity index is 325. The number of nitrogens with two attached hydrogens (primary N) is 1. The highest BCUT2D eigenvalue weighted by Gasteiger charge is 2.05. The molecule has 1 rings (SSSR count). The molecule has 13 heavy (non-hydrogen) atoms. The smallest absolute Gasteiger partial charge is 0.316 e. The number of nitrogens with one attached hydrogen (secondary N) is 1. The van der Waals surface area contributed by atoms with Gasteiger partial charge in [0.1, 0.15) is 0 Å². The monoisotopic (exact) mass is 198 g/mol. The molecule has 4 heteroatoms. The lowest BCUT2D eigenvalue weighted by molar-refractivity contribution is 0.259. The maximum Gasteiger partial charge on any atom is 0.316 e. The number of amides is 2. The van der Waals surface area contributed by atoms with Crippen LogP contribution in [0.3, 0.4) is 0 Å². The molecule has 0 aliphatic rings. The molecule has 0 unspecified atom stereocenters. The Hall–Kier alpha value is -1.22. The van der Waals surface area contributed by atoms with Gasteiger partial charge in [-0.15, -0.1) is 0 Å². The summed E-state index contributed by atoms with van der Waals surface area (Å²) in [5, 5.41) is 3.17. The van der Waals surface area contributed by atoms with Gasteiger partial charge in [-0.1, -0.05) is 24.6 Å². The van der Waals surface area contributed by atoms with Crippen LogP contribution in [0.5, 0.6) is 0 Å². The van der Waals surface area contributed by atoms with Crippen molar-refractivity contribution >= 4 is 23.3 Å². The number of urea groups is 1. The molecule has 1 aromatic carbocycles. The van der Waals surface area contributed by atoms with Crippen LogP contribution in [0.2, 0.25) is 5.02 Å². The van der Waals surface area contributed by atoms with Gasteiger partial charge in [-0.05, 0) is 24.1 Å². The van der Waals surface area contributed by atoms with E-state index in [9.17, 15) is 4.79 Å². The summed E-state index contributed by atoms with van der Waals surface area (Å²) in [5.41, 5.74) is 6.59. The van der Waals surface area contributed by atoms with E-state index in [0.29, 0.717) is 10.7 Å². The van der Waals surface area contributed by atoms with E-state index in [1.165, 1.54) is 0 Å². The van der Waals surface area contributed by atoms with Crippen LogP contribution in [0.25, 0.3) is 0 Å². The number of hydrogen-bond acceptors (Lipinski definition) is 1. The molecule has 70 valence electrons. The molecule has 0 aromatic heterocycles. The molecule has 0 saturated heterocycles. The first-order chi connectivity index (χ1) is 6.15. The molecule has 0 atom stereocenters. The van der Waals surface area contributed by atoms with E-state index in [2.05, 4.69) is 5.32 Å². The first-order valence-corrected chi connectivity index (χ1v) is 4.36. The molecule has 0 aliphatic heterocycles. The fraction of sp³-hybridized carbons (Fsp3) is 0.222. The van der Waals surface area contributed by atoms with Gasteiger partial charge in [0.15, 0.2) is 0 Å². The van der Waals surface area contributed by atoms with Crippen LogP contribution in [0.1, 0.15) is 12.5 Å². The van der Waals surface area contributed by atoms with E-state index < -0.39 is 6.03 Å². The van der Waals surface area contributed by atoms with E-state index in [-0.39, 0.29) is 0 Å². The molecule has 1 aromatic rings. The maximum absolute atomic E-state index is 10.6. The molecule has 0 saturated carbocycles. The van der Waals surface area contributed by atoms with Crippen molar-refractivity contribution in [1.82, 2.24) is 0 Å². The Morgan fingerprint density at radius 3 is 2.85 bits per heavy atom. The lowest BCUT2D eigenvalue weighted by Gasteiger charge is -2.08. The third-order valence-electron chi connectivity index (χ3n) is 1.73. The second kappa shape index (κ2) is 4.14. The van der Waals surface area contributed by atoms with Crippen molar-refractivity contribution in [2.24, 2.45) is 5.73 Å². The molecular weight excluding hydrogens is 188 g/mol. The summed E-state index contributed by atoms with van der Waals surface area (Å²) in [6.07, 6.45) is 0.759. The van der Waals surface area contributed by atoms with Gasteiger partial charge in [0, 0.05) is 10.7 Å².